The second kappa shape index (κ2) is 11.7. The molecule has 178 valence electrons. The van der Waals surface area contributed by atoms with Crippen molar-refractivity contribution in [1.29, 1.82) is 0 Å². The second-order valence-electron chi connectivity index (χ2n) is 7.08. The van der Waals surface area contributed by atoms with Crippen molar-refractivity contribution in [3.8, 4) is 0 Å². The molecule has 0 spiro atoms. The van der Waals surface area contributed by atoms with Crippen LogP contribution in [0, 0.1) is 23.7 Å². The molecule has 2 bridgehead atoms. The highest BCUT2D eigenvalue weighted by Gasteiger charge is 2.53. The van der Waals surface area contributed by atoms with Crippen molar-refractivity contribution in [2.45, 2.75) is 34.1 Å². The quantitative estimate of drug-likeness (QED) is 0.204. The molecule has 0 aromatic carbocycles. The maximum absolute atomic E-state index is 12.8. The van der Waals surface area contributed by atoms with Crippen LogP contribution in [0.3, 0.4) is 0 Å². The number of hydrogen-bond acceptors (Lipinski definition) is 10. The molecule has 0 radical (unpaired) electrons. The Hall–Kier alpha value is -1.02. The lowest BCUT2D eigenvalue weighted by Crippen LogP contribution is -2.35. The smallest absolute Gasteiger partial charge is 0.367 e. The lowest BCUT2D eigenvalue weighted by molar-refractivity contribution is -0.159. The van der Waals surface area contributed by atoms with Crippen molar-refractivity contribution < 1.29 is 46.3 Å². The summed E-state index contributed by atoms with van der Waals surface area (Å²) in [4.78, 5) is 25.6. The van der Waals surface area contributed by atoms with Crippen LogP contribution in [0.1, 0.15) is 34.1 Å². The van der Waals surface area contributed by atoms with Gasteiger partial charge in [0.1, 0.15) is 0 Å². The van der Waals surface area contributed by atoms with Crippen LogP contribution in [-0.2, 0) is 46.3 Å². The van der Waals surface area contributed by atoms with Gasteiger partial charge in [0.2, 0.25) is 0 Å². The number of esters is 2. The maximum Gasteiger partial charge on any atom is 0.367 e. The molecule has 2 aliphatic carbocycles. The minimum Gasteiger partial charge on any atom is -0.452 e. The van der Waals surface area contributed by atoms with E-state index in [1.54, 1.807) is 27.7 Å². The first-order valence-corrected chi connectivity index (χ1v) is 14.0. The summed E-state index contributed by atoms with van der Waals surface area (Å²) in [5.41, 5.74) is 0. The average Bonchev–Trinajstić information content (AvgIpc) is 3.33. The van der Waals surface area contributed by atoms with Crippen LogP contribution in [0.25, 0.3) is 0 Å². The van der Waals surface area contributed by atoms with Gasteiger partial charge in [-0.3, -0.25) is 18.7 Å². The number of ether oxygens (including phenoxy) is 2. The Morgan fingerprint density at radius 2 is 1.03 bits per heavy atom. The van der Waals surface area contributed by atoms with E-state index in [1.165, 1.54) is 0 Å². The number of rotatable bonds is 14. The topological polar surface area (TPSA) is 124 Å². The molecule has 31 heavy (non-hydrogen) atoms. The third-order valence-corrected chi connectivity index (χ3v) is 8.53. The van der Waals surface area contributed by atoms with Crippen LogP contribution >= 0.6 is 15.2 Å². The SMILES string of the molecule is CCOP(=O)(COC(=O)C1C2C=CC(C2)C1C(=O)OCP(=O)(OCC)OCC)OCC. The van der Waals surface area contributed by atoms with Crippen LogP contribution in [0.2, 0.25) is 0 Å². The first-order valence-electron chi connectivity index (χ1n) is 10.5. The Morgan fingerprint density at radius 1 is 0.710 bits per heavy atom. The van der Waals surface area contributed by atoms with Gasteiger partial charge in [-0.1, -0.05) is 12.2 Å². The summed E-state index contributed by atoms with van der Waals surface area (Å²) in [7, 11) is -7.14. The van der Waals surface area contributed by atoms with Gasteiger partial charge >= 0.3 is 27.1 Å². The largest absolute Gasteiger partial charge is 0.452 e. The van der Waals surface area contributed by atoms with E-state index in [-0.39, 0.29) is 38.3 Å². The molecule has 4 unspecified atom stereocenters. The molecule has 10 nitrogen and oxygen atoms in total. The minimum absolute atomic E-state index is 0.139. The standard InChI is InChI=1S/C19H32O10P2/c1-5-26-30(22,27-6-2)12-24-18(20)16-14-9-10-15(11-14)17(16)19(21)25-13-31(23,28-7-3)29-8-4/h9-10,14-17H,5-8,11-13H2,1-4H3. The Bertz CT molecular complexity index is 672. The highest BCUT2D eigenvalue weighted by molar-refractivity contribution is 7.53. The number of fused-ring (bicyclic) bond motifs is 2. The van der Waals surface area contributed by atoms with E-state index in [1.807, 2.05) is 12.2 Å². The molecule has 0 aromatic rings. The molecule has 0 aromatic heterocycles. The highest BCUT2D eigenvalue weighted by atomic mass is 31.2. The maximum atomic E-state index is 12.8. The highest BCUT2D eigenvalue weighted by Crippen LogP contribution is 2.52. The van der Waals surface area contributed by atoms with Crippen molar-refractivity contribution in [3.05, 3.63) is 12.2 Å². The average molecular weight is 482 g/mol. The lowest BCUT2D eigenvalue weighted by Gasteiger charge is -2.26. The van der Waals surface area contributed by atoms with E-state index in [2.05, 4.69) is 0 Å². The fourth-order valence-electron chi connectivity index (χ4n) is 3.95. The van der Waals surface area contributed by atoms with Crippen molar-refractivity contribution in [2.24, 2.45) is 23.7 Å². The van der Waals surface area contributed by atoms with Crippen LogP contribution in [0.4, 0.5) is 0 Å². The van der Waals surface area contributed by atoms with Crippen LogP contribution in [0.5, 0.6) is 0 Å². The number of hydrogen-bond donors (Lipinski definition) is 0. The minimum atomic E-state index is -3.57. The molecule has 2 rings (SSSR count). The Kier molecular flexibility index (Phi) is 9.93. The summed E-state index contributed by atoms with van der Waals surface area (Å²) in [6.07, 6.45) is 3.28. The van der Waals surface area contributed by atoms with Crippen molar-refractivity contribution in [3.63, 3.8) is 0 Å². The fraction of sp³-hybridized carbons (Fsp3) is 0.789. The van der Waals surface area contributed by atoms with Gasteiger partial charge in [-0.2, -0.15) is 0 Å². The molecule has 0 N–H and O–H groups in total. The van der Waals surface area contributed by atoms with Crippen LogP contribution in [0.15, 0.2) is 12.2 Å². The summed E-state index contributed by atoms with van der Waals surface area (Å²) in [6, 6.07) is 0. The van der Waals surface area contributed by atoms with Gasteiger partial charge in [-0.05, 0) is 46.0 Å². The molecule has 1 saturated carbocycles. The van der Waals surface area contributed by atoms with E-state index in [0.29, 0.717) is 6.42 Å². The molecule has 0 heterocycles. The van der Waals surface area contributed by atoms with Crippen molar-refractivity contribution >= 4 is 27.1 Å². The van der Waals surface area contributed by atoms with Crippen LogP contribution < -0.4 is 0 Å². The summed E-state index contributed by atoms with van der Waals surface area (Å²) in [6.45, 7) is 7.18. The third-order valence-electron chi connectivity index (χ3n) is 5.04. The van der Waals surface area contributed by atoms with E-state index >= 15 is 0 Å². The lowest BCUT2D eigenvalue weighted by atomic mass is 9.83. The first-order chi connectivity index (χ1) is 14.7. The molecule has 4 atom stereocenters. The summed E-state index contributed by atoms with van der Waals surface area (Å²) in [5.74, 6) is -3.32. The summed E-state index contributed by atoms with van der Waals surface area (Å²) < 4.78 is 56.2. The van der Waals surface area contributed by atoms with Gasteiger partial charge in [-0.25, -0.2) is 0 Å². The van der Waals surface area contributed by atoms with Gasteiger partial charge in [0.25, 0.3) is 0 Å². The number of carbonyl (C=O) groups excluding carboxylic acids is 2. The predicted molar refractivity (Wildman–Crippen MR) is 111 cm³/mol. The first kappa shape index (κ1) is 26.2. The predicted octanol–water partition coefficient (Wildman–Crippen LogP) is 3.96. The monoisotopic (exact) mass is 482 g/mol. The Labute approximate surface area is 183 Å². The molecular weight excluding hydrogens is 450 g/mol. The van der Waals surface area contributed by atoms with Gasteiger partial charge in [0.15, 0.2) is 12.7 Å². The van der Waals surface area contributed by atoms with Gasteiger partial charge in [0, 0.05) is 0 Å². The third kappa shape index (κ3) is 6.73. The molecular formula is C19H32O10P2. The Morgan fingerprint density at radius 3 is 1.32 bits per heavy atom. The molecule has 2 aliphatic rings. The Balaban J connectivity index is 2.05. The zero-order chi connectivity index (χ0) is 23.1. The van der Waals surface area contributed by atoms with Crippen molar-refractivity contribution in [1.82, 2.24) is 0 Å². The molecule has 1 fully saturated rings. The van der Waals surface area contributed by atoms with E-state index in [0.717, 1.165) is 0 Å². The molecule has 12 heteroatoms. The van der Waals surface area contributed by atoms with Crippen molar-refractivity contribution in [2.75, 3.05) is 39.1 Å². The second-order valence-corrected chi connectivity index (χ2v) is 11.1. The van der Waals surface area contributed by atoms with E-state index in [9.17, 15) is 18.7 Å². The number of allylic oxidation sites excluding steroid dienone is 2. The molecule has 0 aliphatic heterocycles. The van der Waals surface area contributed by atoms with E-state index < -0.39 is 51.7 Å². The molecule has 0 amide bonds. The van der Waals surface area contributed by atoms with Gasteiger partial charge in [0.05, 0.1) is 38.3 Å². The zero-order valence-electron chi connectivity index (χ0n) is 18.4. The number of carbonyl (C=O) groups is 2. The van der Waals surface area contributed by atoms with Crippen LogP contribution in [-0.4, -0.2) is 51.1 Å². The van der Waals surface area contributed by atoms with Gasteiger partial charge < -0.3 is 27.6 Å². The van der Waals surface area contributed by atoms with E-state index in [4.69, 9.17) is 27.6 Å². The fourth-order valence-corrected chi connectivity index (χ4v) is 6.54. The van der Waals surface area contributed by atoms with Gasteiger partial charge in [-0.15, -0.1) is 0 Å². The molecule has 0 saturated heterocycles. The summed E-state index contributed by atoms with van der Waals surface area (Å²) in [5, 5.41) is 0. The zero-order valence-corrected chi connectivity index (χ0v) is 20.2. The summed E-state index contributed by atoms with van der Waals surface area (Å²) >= 11 is 0. The normalized spacial score (nSPS) is 25.0.